The molecule has 0 radical (unpaired) electrons. The molecule has 0 spiro atoms. The summed E-state index contributed by atoms with van der Waals surface area (Å²) in [7, 11) is 0. The fourth-order valence-electron chi connectivity index (χ4n) is 2.34. The van der Waals surface area contributed by atoms with Crippen molar-refractivity contribution in [1.82, 2.24) is 10.2 Å². The third kappa shape index (κ3) is 7.43. The summed E-state index contributed by atoms with van der Waals surface area (Å²) >= 11 is 0. The van der Waals surface area contributed by atoms with Gasteiger partial charge in [-0.2, -0.15) is 13.2 Å². The molecule has 2 rings (SSSR count). The summed E-state index contributed by atoms with van der Waals surface area (Å²) in [4.78, 5) is 14.0. The predicted molar refractivity (Wildman–Crippen MR) is 97.3 cm³/mol. The SMILES string of the molecule is C=CCN(Cc1ccccc1)C(=O)NCc1ccc(OCC(F)(F)F)cc1. The Bertz CT molecular complexity index is 731. The molecule has 0 atom stereocenters. The molecule has 0 aliphatic rings. The average molecular weight is 378 g/mol. The fraction of sp³-hybridized carbons (Fsp3) is 0.250. The van der Waals surface area contributed by atoms with Crippen LogP contribution in [0.4, 0.5) is 18.0 Å². The summed E-state index contributed by atoms with van der Waals surface area (Å²) in [5.41, 5.74) is 1.75. The Morgan fingerprint density at radius 2 is 1.74 bits per heavy atom. The van der Waals surface area contributed by atoms with Crippen molar-refractivity contribution in [3.8, 4) is 5.75 Å². The second-order valence-electron chi connectivity index (χ2n) is 5.86. The van der Waals surface area contributed by atoms with Crippen LogP contribution < -0.4 is 10.1 Å². The van der Waals surface area contributed by atoms with Gasteiger partial charge in [-0.25, -0.2) is 4.79 Å². The number of nitrogens with one attached hydrogen (secondary N) is 1. The lowest BCUT2D eigenvalue weighted by atomic mass is 10.2. The Hall–Kier alpha value is -2.96. The molecule has 0 heterocycles. The first-order valence-electron chi connectivity index (χ1n) is 8.33. The summed E-state index contributed by atoms with van der Waals surface area (Å²) in [6.45, 7) is 3.43. The Morgan fingerprint density at radius 1 is 1.07 bits per heavy atom. The van der Waals surface area contributed by atoms with Gasteiger partial charge in [0.15, 0.2) is 6.61 Å². The first kappa shape index (κ1) is 20.4. The Kier molecular flexibility index (Phi) is 7.28. The van der Waals surface area contributed by atoms with Crippen molar-refractivity contribution in [1.29, 1.82) is 0 Å². The monoisotopic (exact) mass is 378 g/mol. The van der Waals surface area contributed by atoms with Gasteiger partial charge in [-0.1, -0.05) is 48.5 Å². The number of carbonyl (C=O) groups excluding carboxylic acids is 1. The second-order valence-corrected chi connectivity index (χ2v) is 5.86. The molecule has 0 aromatic heterocycles. The molecule has 0 unspecified atom stereocenters. The van der Waals surface area contributed by atoms with Crippen molar-refractivity contribution in [2.75, 3.05) is 13.2 Å². The second kappa shape index (κ2) is 9.66. The molecule has 7 heteroatoms. The van der Waals surface area contributed by atoms with Gasteiger partial charge in [-0.05, 0) is 23.3 Å². The van der Waals surface area contributed by atoms with E-state index in [9.17, 15) is 18.0 Å². The normalized spacial score (nSPS) is 10.9. The molecule has 4 nitrogen and oxygen atoms in total. The summed E-state index contributed by atoms with van der Waals surface area (Å²) in [6, 6.07) is 15.4. The van der Waals surface area contributed by atoms with Gasteiger partial charge in [-0.15, -0.1) is 6.58 Å². The van der Waals surface area contributed by atoms with E-state index in [1.54, 1.807) is 23.1 Å². The van der Waals surface area contributed by atoms with E-state index < -0.39 is 12.8 Å². The van der Waals surface area contributed by atoms with Gasteiger partial charge in [-0.3, -0.25) is 0 Å². The van der Waals surface area contributed by atoms with E-state index in [0.29, 0.717) is 13.1 Å². The predicted octanol–water partition coefficient (Wildman–Crippen LogP) is 4.53. The van der Waals surface area contributed by atoms with Crippen molar-refractivity contribution in [2.24, 2.45) is 0 Å². The zero-order chi connectivity index (χ0) is 19.7. The van der Waals surface area contributed by atoms with Crippen LogP contribution in [0, 0.1) is 0 Å². The van der Waals surface area contributed by atoms with Gasteiger partial charge in [0.05, 0.1) is 0 Å². The number of amides is 2. The van der Waals surface area contributed by atoms with Crippen LogP contribution in [0.2, 0.25) is 0 Å². The maximum atomic E-state index is 12.4. The van der Waals surface area contributed by atoms with Gasteiger partial charge in [0, 0.05) is 19.6 Å². The summed E-state index contributed by atoms with van der Waals surface area (Å²) in [5.74, 6) is 0.125. The number of halogens is 3. The maximum Gasteiger partial charge on any atom is 0.422 e. The van der Waals surface area contributed by atoms with E-state index in [1.807, 2.05) is 30.3 Å². The van der Waals surface area contributed by atoms with E-state index in [2.05, 4.69) is 16.6 Å². The highest BCUT2D eigenvalue weighted by molar-refractivity contribution is 5.74. The highest BCUT2D eigenvalue weighted by Gasteiger charge is 2.28. The molecule has 0 bridgehead atoms. The smallest absolute Gasteiger partial charge is 0.422 e. The number of benzene rings is 2. The molecule has 2 aromatic carbocycles. The molecule has 2 amide bonds. The Balaban J connectivity index is 1.87. The molecular weight excluding hydrogens is 357 g/mol. The van der Waals surface area contributed by atoms with Crippen LogP contribution >= 0.6 is 0 Å². The number of urea groups is 1. The van der Waals surface area contributed by atoms with Crippen LogP contribution in [0.15, 0.2) is 67.3 Å². The minimum absolute atomic E-state index is 0.125. The van der Waals surface area contributed by atoms with Crippen LogP contribution in [0.1, 0.15) is 11.1 Å². The lowest BCUT2D eigenvalue weighted by Gasteiger charge is -2.22. The van der Waals surface area contributed by atoms with Crippen LogP contribution in [0.5, 0.6) is 5.75 Å². The van der Waals surface area contributed by atoms with Gasteiger partial charge >= 0.3 is 12.2 Å². The van der Waals surface area contributed by atoms with Gasteiger partial charge in [0.1, 0.15) is 5.75 Å². The molecule has 27 heavy (non-hydrogen) atoms. The van der Waals surface area contributed by atoms with Crippen molar-refractivity contribution < 1.29 is 22.7 Å². The topological polar surface area (TPSA) is 41.6 Å². The number of carbonyl (C=O) groups is 1. The molecular formula is C20H21F3N2O2. The number of rotatable bonds is 8. The third-order valence-electron chi connectivity index (χ3n) is 3.62. The summed E-state index contributed by atoms with van der Waals surface area (Å²) < 4.78 is 41.1. The maximum absolute atomic E-state index is 12.4. The van der Waals surface area contributed by atoms with E-state index >= 15 is 0 Å². The van der Waals surface area contributed by atoms with Crippen molar-refractivity contribution in [3.05, 3.63) is 78.4 Å². The van der Waals surface area contributed by atoms with Crippen molar-refractivity contribution >= 4 is 6.03 Å². The lowest BCUT2D eigenvalue weighted by Crippen LogP contribution is -2.39. The first-order valence-corrected chi connectivity index (χ1v) is 8.33. The first-order chi connectivity index (χ1) is 12.9. The molecule has 0 saturated heterocycles. The highest BCUT2D eigenvalue weighted by atomic mass is 19.4. The third-order valence-corrected chi connectivity index (χ3v) is 3.62. The summed E-state index contributed by atoms with van der Waals surface area (Å²) in [6.07, 6.45) is -2.73. The minimum Gasteiger partial charge on any atom is -0.484 e. The number of nitrogens with zero attached hydrogens (tertiary/aromatic N) is 1. The minimum atomic E-state index is -4.37. The number of hydrogen-bond acceptors (Lipinski definition) is 2. The molecule has 144 valence electrons. The average Bonchev–Trinajstić information content (AvgIpc) is 2.65. The van der Waals surface area contributed by atoms with Crippen LogP contribution in [0.25, 0.3) is 0 Å². The molecule has 0 aliphatic carbocycles. The molecule has 0 saturated carbocycles. The zero-order valence-electron chi connectivity index (χ0n) is 14.7. The number of alkyl halides is 3. The quantitative estimate of drug-likeness (QED) is 0.686. The van der Waals surface area contributed by atoms with Crippen LogP contribution in [-0.4, -0.2) is 30.3 Å². The molecule has 0 fully saturated rings. The highest BCUT2D eigenvalue weighted by Crippen LogP contribution is 2.18. The van der Waals surface area contributed by atoms with E-state index in [1.165, 1.54) is 12.1 Å². The van der Waals surface area contributed by atoms with Gasteiger partial charge in [0.25, 0.3) is 0 Å². The van der Waals surface area contributed by atoms with E-state index in [0.717, 1.165) is 11.1 Å². The van der Waals surface area contributed by atoms with Crippen LogP contribution in [-0.2, 0) is 13.1 Å². The Morgan fingerprint density at radius 3 is 2.33 bits per heavy atom. The molecule has 2 aromatic rings. The Labute approximate surface area is 156 Å². The van der Waals surface area contributed by atoms with Gasteiger partial charge in [0.2, 0.25) is 0 Å². The molecule has 0 aliphatic heterocycles. The molecule has 1 N–H and O–H groups in total. The van der Waals surface area contributed by atoms with Crippen LogP contribution in [0.3, 0.4) is 0 Å². The standard InChI is InChI=1S/C20H21F3N2O2/c1-2-12-25(14-17-6-4-3-5-7-17)19(26)24-13-16-8-10-18(11-9-16)27-15-20(21,22)23/h2-11H,1,12-15H2,(H,24,26). The van der Waals surface area contributed by atoms with Crippen molar-refractivity contribution in [2.45, 2.75) is 19.3 Å². The van der Waals surface area contributed by atoms with Crippen molar-refractivity contribution in [3.63, 3.8) is 0 Å². The summed E-state index contributed by atoms with van der Waals surface area (Å²) in [5, 5.41) is 2.80. The lowest BCUT2D eigenvalue weighted by molar-refractivity contribution is -0.153. The zero-order valence-corrected chi connectivity index (χ0v) is 14.7. The van der Waals surface area contributed by atoms with E-state index in [4.69, 9.17) is 0 Å². The van der Waals surface area contributed by atoms with Gasteiger partial charge < -0.3 is 15.0 Å². The number of hydrogen-bond donors (Lipinski definition) is 1. The fourth-order valence-corrected chi connectivity index (χ4v) is 2.34. The largest absolute Gasteiger partial charge is 0.484 e. The number of ether oxygens (including phenoxy) is 1. The van der Waals surface area contributed by atoms with E-state index in [-0.39, 0.29) is 18.3 Å².